The molecule has 33 heavy (non-hydrogen) atoms. The smallest absolute Gasteiger partial charge is 0.407 e. The molecule has 0 bridgehead atoms. The maximum absolute atomic E-state index is 12.1. The Kier molecular flexibility index (Phi) is 6.61. The number of alkyl carbamates (subject to hydrolysis) is 1. The van der Waals surface area contributed by atoms with E-state index in [1.165, 1.54) is 0 Å². The molecule has 0 radical (unpaired) electrons. The van der Waals surface area contributed by atoms with E-state index in [4.69, 9.17) is 9.47 Å². The molecule has 0 atom stereocenters. The Morgan fingerprint density at radius 3 is 2.24 bits per heavy atom. The van der Waals surface area contributed by atoms with Gasteiger partial charge in [-0.1, -0.05) is 54.5 Å². The van der Waals surface area contributed by atoms with Crippen molar-refractivity contribution in [1.29, 1.82) is 0 Å². The zero-order valence-electron chi connectivity index (χ0n) is 17.9. The van der Waals surface area contributed by atoms with Crippen LogP contribution in [-0.4, -0.2) is 55.0 Å². The van der Waals surface area contributed by atoms with Gasteiger partial charge in [0.15, 0.2) is 0 Å². The minimum Gasteiger partial charge on any atom is -0.480 e. The van der Waals surface area contributed by atoms with Crippen molar-refractivity contribution in [3.63, 3.8) is 0 Å². The van der Waals surface area contributed by atoms with Crippen LogP contribution in [0.2, 0.25) is 0 Å². The molecule has 1 saturated heterocycles. The predicted molar refractivity (Wildman–Crippen MR) is 119 cm³/mol. The fourth-order valence-corrected chi connectivity index (χ4v) is 4.25. The highest BCUT2D eigenvalue weighted by molar-refractivity contribution is 5.97. The van der Waals surface area contributed by atoms with Crippen molar-refractivity contribution in [2.45, 2.75) is 24.3 Å². The Morgan fingerprint density at radius 1 is 1.03 bits per heavy atom. The molecule has 4 rings (SSSR count). The molecule has 2 aromatic carbocycles. The van der Waals surface area contributed by atoms with Crippen LogP contribution in [0.1, 0.15) is 29.9 Å². The van der Waals surface area contributed by atoms with Gasteiger partial charge >= 0.3 is 12.1 Å². The second kappa shape index (κ2) is 9.76. The van der Waals surface area contributed by atoms with Gasteiger partial charge in [-0.05, 0) is 28.2 Å². The van der Waals surface area contributed by atoms with E-state index in [9.17, 15) is 19.5 Å². The molecule has 1 heterocycles. The molecule has 8 heteroatoms. The Labute approximate surface area is 191 Å². The Bertz CT molecular complexity index is 1080. The number of carbonyl (C=O) groups is 3. The van der Waals surface area contributed by atoms with Crippen molar-refractivity contribution < 1.29 is 29.0 Å². The lowest BCUT2D eigenvalue weighted by Gasteiger charge is -2.33. The fraction of sp³-hybridized carbons (Fsp3) is 0.320. The molecule has 1 fully saturated rings. The zero-order chi connectivity index (χ0) is 23.3. The van der Waals surface area contributed by atoms with Crippen molar-refractivity contribution in [2.75, 3.05) is 26.4 Å². The third-order valence-corrected chi connectivity index (χ3v) is 5.98. The van der Waals surface area contributed by atoms with Gasteiger partial charge in [0.1, 0.15) is 12.1 Å². The summed E-state index contributed by atoms with van der Waals surface area (Å²) in [5.74, 6) is 2.96. The van der Waals surface area contributed by atoms with Crippen molar-refractivity contribution in [3.05, 3.63) is 59.7 Å². The van der Waals surface area contributed by atoms with Gasteiger partial charge in [-0.2, -0.15) is 0 Å². The molecule has 0 aromatic heterocycles. The van der Waals surface area contributed by atoms with Crippen molar-refractivity contribution >= 4 is 18.0 Å². The maximum Gasteiger partial charge on any atom is 0.407 e. The van der Waals surface area contributed by atoms with Crippen LogP contribution < -0.4 is 10.6 Å². The van der Waals surface area contributed by atoms with E-state index >= 15 is 0 Å². The standard InChI is InChI=1S/C25H24N2O6/c28-22(27-25(23(29)30)11-14-32-15-12-25)10-5-13-26-24(31)33-16-21-19-8-3-1-6-17(19)18-7-2-4-9-20(18)21/h1-4,6-9,21H,11-16H2,(H,26,31)(H,27,28)(H,29,30). The zero-order valence-corrected chi connectivity index (χ0v) is 17.9. The van der Waals surface area contributed by atoms with E-state index in [1.807, 2.05) is 36.4 Å². The van der Waals surface area contributed by atoms with Crippen LogP contribution in [-0.2, 0) is 19.1 Å². The van der Waals surface area contributed by atoms with Gasteiger partial charge in [-0.3, -0.25) is 4.79 Å². The topological polar surface area (TPSA) is 114 Å². The van der Waals surface area contributed by atoms with Gasteiger partial charge in [0.2, 0.25) is 0 Å². The molecule has 0 unspecified atom stereocenters. The highest BCUT2D eigenvalue weighted by Gasteiger charge is 2.41. The number of nitrogens with one attached hydrogen (secondary N) is 2. The summed E-state index contributed by atoms with van der Waals surface area (Å²) in [6, 6.07) is 16.1. The number of fused-ring (bicyclic) bond motifs is 3. The lowest BCUT2D eigenvalue weighted by molar-refractivity contribution is -0.151. The summed E-state index contributed by atoms with van der Waals surface area (Å²) in [6.07, 6.45) is -0.292. The summed E-state index contributed by atoms with van der Waals surface area (Å²) < 4.78 is 10.6. The van der Waals surface area contributed by atoms with Crippen LogP contribution in [0, 0.1) is 11.8 Å². The number of carboxylic acids is 1. The molecule has 1 aliphatic carbocycles. The molecule has 0 spiro atoms. The van der Waals surface area contributed by atoms with E-state index in [0.717, 1.165) is 22.3 Å². The normalized spacial score (nSPS) is 15.9. The third-order valence-electron chi connectivity index (χ3n) is 5.98. The summed E-state index contributed by atoms with van der Waals surface area (Å²) in [7, 11) is 0. The fourth-order valence-electron chi connectivity index (χ4n) is 4.25. The van der Waals surface area contributed by atoms with Crippen molar-refractivity contribution in [3.8, 4) is 23.0 Å². The van der Waals surface area contributed by atoms with E-state index < -0.39 is 23.5 Å². The van der Waals surface area contributed by atoms with E-state index in [-0.39, 0.29) is 45.1 Å². The number of carbonyl (C=O) groups excluding carboxylic acids is 2. The first-order valence-electron chi connectivity index (χ1n) is 10.7. The quantitative estimate of drug-likeness (QED) is 0.605. The minimum atomic E-state index is -1.37. The first kappa shape index (κ1) is 22.4. The first-order chi connectivity index (χ1) is 16.0. The van der Waals surface area contributed by atoms with Gasteiger partial charge < -0.3 is 25.2 Å². The number of ether oxygens (including phenoxy) is 2. The SMILES string of the molecule is O=C(C#CCNC(=O)OCC1c2ccccc2-c2ccccc21)NC1(C(=O)O)CCOCC1. The maximum atomic E-state index is 12.1. The Hall–Kier alpha value is -3.83. The van der Waals surface area contributed by atoms with Crippen LogP contribution in [0.25, 0.3) is 11.1 Å². The van der Waals surface area contributed by atoms with Crippen LogP contribution in [0.4, 0.5) is 4.79 Å². The van der Waals surface area contributed by atoms with E-state index in [2.05, 4.69) is 34.6 Å². The van der Waals surface area contributed by atoms with Crippen molar-refractivity contribution in [1.82, 2.24) is 10.6 Å². The highest BCUT2D eigenvalue weighted by Crippen LogP contribution is 2.44. The summed E-state index contributed by atoms with van der Waals surface area (Å²) in [6.45, 7) is 0.580. The Morgan fingerprint density at radius 2 is 1.64 bits per heavy atom. The number of benzene rings is 2. The summed E-state index contributed by atoms with van der Waals surface area (Å²) in [5.41, 5.74) is 3.14. The molecule has 2 amide bonds. The van der Waals surface area contributed by atoms with Crippen LogP contribution in [0.5, 0.6) is 0 Å². The molecule has 3 N–H and O–H groups in total. The summed E-state index contributed by atoms with van der Waals surface area (Å²) in [4.78, 5) is 35.8. The summed E-state index contributed by atoms with van der Waals surface area (Å²) in [5, 5.41) is 14.4. The van der Waals surface area contributed by atoms with Crippen molar-refractivity contribution in [2.24, 2.45) is 0 Å². The van der Waals surface area contributed by atoms with Gasteiger partial charge in [0, 0.05) is 32.0 Å². The number of hydrogen-bond donors (Lipinski definition) is 3. The van der Waals surface area contributed by atoms with Gasteiger partial charge in [0.05, 0.1) is 6.54 Å². The molecule has 2 aliphatic rings. The number of hydrogen-bond acceptors (Lipinski definition) is 5. The van der Waals surface area contributed by atoms with E-state index in [0.29, 0.717) is 0 Å². The summed E-state index contributed by atoms with van der Waals surface area (Å²) >= 11 is 0. The number of amides is 2. The van der Waals surface area contributed by atoms with E-state index in [1.54, 1.807) is 0 Å². The predicted octanol–water partition coefficient (Wildman–Crippen LogP) is 2.28. The average molecular weight is 448 g/mol. The molecule has 1 aliphatic heterocycles. The third kappa shape index (κ3) is 4.83. The number of rotatable bonds is 5. The largest absolute Gasteiger partial charge is 0.480 e. The molecular formula is C25H24N2O6. The lowest BCUT2D eigenvalue weighted by Crippen LogP contribution is -2.57. The number of carboxylic acid groups (broad SMARTS) is 1. The molecular weight excluding hydrogens is 424 g/mol. The van der Waals surface area contributed by atoms with Gasteiger partial charge in [-0.15, -0.1) is 0 Å². The van der Waals surface area contributed by atoms with Crippen LogP contribution in [0.3, 0.4) is 0 Å². The second-order valence-corrected chi connectivity index (χ2v) is 7.93. The lowest BCUT2D eigenvalue weighted by atomic mass is 9.90. The minimum absolute atomic E-state index is 0.0494. The average Bonchev–Trinajstić information content (AvgIpc) is 3.15. The highest BCUT2D eigenvalue weighted by atomic mass is 16.5. The van der Waals surface area contributed by atoms with Crippen LogP contribution in [0.15, 0.2) is 48.5 Å². The van der Waals surface area contributed by atoms with Gasteiger partial charge in [-0.25, -0.2) is 9.59 Å². The number of aliphatic carboxylic acids is 1. The second-order valence-electron chi connectivity index (χ2n) is 7.93. The molecule has 0 saturated carbocycles. The molecule has 170 valence electrons. The van der Waals surface area contributed by atoms with Crippen LogP contribution >= 0.6 is 0 Å². The molecule has 8 nitrogen and oxygen atoms in total. The monoisotopic (exact) mass is 448 g/mol. The Balaban J connectivity index is 1.28. The molecule has 2 aromatic rings. The first-order valence-corrected chi connectivity index (χ1v) is 10.7. The van der Waals surface area contributed by atoms with Gasteiger partial charge in [0.25, 0.3) is 5.91 Å².